The number of nitrogens with zero attached hydrogens (tertiary/aromatic N) is 1. The Hall–Kier alpha value is -3.29. The molecule has 0 atom stereocenters. The van der Waals surface area contributed by atoms with Crippen molar-refractivity contribution in [3.63, 3.8) is 0 Å². The second-order valence-electron chi connectivity index (χ2n) is 6.41. The van der Waals surface area contributed by atoms with Crippen LogP contribution >= 0.6 is 12.2 Å². The van der Waals surface area contributed by atoms with E-state index >= 15 is 0 Å². The maximum Gasteiger partial charge on any atom is 0.269 e. The zero-order valence-corrected chi connectivity index (χ0v) is 16.5. The van der Waals surface area contributed by atoms with Crippen molar-refractivity contribution in [2.24, 2.45) is 0 Å². The number of nitro groups is 1. The highest BCUT2D eigenvalue weighted by atomic mass is 32.1. The van der Waals surface area contributed by atoms with Gasteiger partial charge in [-0.3, -0.25) is 10.1 Å². The second kappa shape index (κ2) is 10.3. The van der Waals surface area contributed by atoms with E-state index in [0.717, 1.165) is 16.7 Å². The largest absolute Gasteiger partial charge is 0.372 e. The van der Waals surface area contributed by atoms with Gasteiger partial charge in [0.15, 0.2) is 5.11 Å². The van der Waals surface area contributed by atoms with Crippen LogP contribution in [-0.2, 0) is 24.5 Å². The lowest BCUT2D eigenvalue weighted by molar-refractivity contribution is -0.384. The number of nitrogens with one attached hydrogen (secondary N) is 2. The predicted molar refractivity (Wildman–Crippen MR) is 118 cm³/mol. The van der Waals surface area contributed by atoms with Gasteiger partial charge in [-0.25, -0.2) is 0 Å². The first-order chi connectivity index (χ1) is 14.1. The summed E-state index contributed by atoms with van der Waals surface area (Å²) in [6, 6.07) is 24.3. The molecule has 0 spiro atoms. The molecule has 0 radical (unpaired) electrons. The lowest BCUT2D eigenvalue weighted by Gasteiger charge is -2.11. The highest BCUT2D eigenvalue weighted by Crippen LogP contribution is 2.15. The van der Waals surface area contributed by atoms with Crippen LogP contribution in [-0.4, -0.2) is 10.0 Å². The predicted octanol–water partition coefficient (Wildman–Crippen LogP) is 4.80. The number of hydrogen-bond donors (Lipinski definition) is 2. The van der Waals surface area contributed by atoms with Gasteiger partial charge in [0.25, 0.3) is 5.69 Å². The number of rotatable bonds is 8. The van der Waals surface area contributed by atoms with Crippen LogP contribution in [0.3, 0.4) is 0 Å². The molecule has 0 amide bonds. The van der Waals surface area contributed by atoms with Gasteiger partial charge in [-0.2, -0.15) is 0 Å². The minimum atomic E-state index is -0.434. The smallest absolute Gasteiger partial charge is 0.269 e. The Labute approximate surface area is 174 Å². The van der Waals surface area contributed by atoms with Gasteiger partial charge in [0, 0.05) is 24.4 Å². The first kappa shape index (κ1) is 20.4. The van der Waals surface area contributed by atoms with E-state index < -0.39 is 4.92 Å². The molecule has 3 aromatic carbocycles. The summed E-state index contributed by atoms with van der Waals surface area (Å²) >= 11 is 5.30. The van der Waals surface area contributed by atoms with Crippen LogP contribution < -0.4 is 10.6 Å². The summed E-state index contributed by atoms with van der Waals surface area (Å²) in [6.07, 6.45) is 0. The van der Waals surface area contributed by atoms with Crippen LogP contribution in [0.4, 0.5) is 11.4 Å². The van der Waals surface area contributed by atoms with Crippen molar-refractivity contribution in [1.29, 1.82) is 0 Å². The zero-order valence-electron chi connectivity index (χ0n) is 15.7. The molecule has 2 N–H and O–H groups in total. The molecule has 29 heavy (non-hydrogen) atoms. The number of nitro benzene ring substituents is 1. The number of non-ortho nitro benzene ring substituents is 1. The third kappa shape index (κ3) is 6.67. The van der Waals surface area contributed by atoms with Gasteiger partial charge in [0.1, 0.15) is 0 Å². The number of benzene rings is 3. The molecule has 0 bridgehead atoms. The van der Waals surface area contributed by atoms with E-state index in [9.17, 15) is 10.1 Å². The topological polar surface area (TPSA) is 76.4 Å². The molecule has 3 aromatic rings. The third-order valence-electron chi connectivity index (χ3n) is 4.16. The maximum absolute atomic E-state index is 10.7. The van der Waals surface area contributed by atoms with Gasteiger partial charge in [0.05, 0.1) is 18.1 Å². The summed E-state index contributed by atoms with van der Waals surface area (Å²) in [4.78, 5) is 10.3. The van der Waals surface area contributed by atoms with Gasteiger partial charge >= 0.3 is 0 Å². The molecular weight excluding hydrogens is 386 g/mol. The van der Waals surface area contributed by atoms with Gasteiger partial charge in [-0.15, -0.1) is 0 Å². The van der Waals surface area contributed by atoms with Crippen LogP contribution in [0.2, 0.25) is 0 Å². The standard InChI is InChI=1S/C22H21N3O3S/c26-25(27)21-11-9-20(10-12-21)24-22(29)23-14-18-7-4-8-19(13-18)16-28-15-17-5-2-1-3-6-17/h1-13H,14-16H2,(H2,23,24,29). The Morgan fingerprint density at radius 1 is 0.897 bits per heavy atom. The van der Waals surface area contributed by atoms with E-state index in [-0.39, 0.29) is 5.69 Å². The first-order valence-corrected chi connectivity index (χ1v) is 9.50. The number of anilines is 1. The minimum absolute atomic E-state index is 0.0423. The Kier molecular flexibility index (Phi) is 7.27. The lowest BCUT2D eigenvalue weighted by atomic mass is 10.1. The molecule has 0 aliphatic rings. The molecular formula is C22H21N3O3S. The monoisotopic (exact) mass is 407 g/mol. The highest BCUT2D eigenvalue weighted by molar-refractivity contribution is 7.80. The van der Waals surface area contributed by atoms with Crippen molar-refractivity contribution in [3.05, 3.63) is 106 Å². The number of ether oxygens (including phenoxy) is 1. The van der Waals surface area contributed by atoms with Crippen molar-refractivity contribution in [2.45, 2.75) is 19.8 Å². The van der Waals surface area contributed by atoms with Crippen LogP contribution in [0.5, 0.6) is 0 Å². The van der Waals surface area contributed by atoms with Gasteiger partial charge in [0.2, 0.25) is 0 Å². The fourth-order valence-electron chi connectivity index (χ4n) is 2.71. The summed E-state index contributed by atoms with van der Waals surface area (Å²) < 4.78 is 5.79. The Balaban J connectivity index is 1.45. The fourth-order valence-corrected chi connectivity index (χ4v) is 2.90. The fraction of sp³-hybridized carbons (Fsp3) is 0.136. The Morgan fingerprint density at radius 3 is 2.28 bits per heavy atom. The summed E-state index contributed by atoms with van der Waals surface area (Å²) in [5.41, 5.74) is 4.05. The molecule has 0 saturated heterocycles. The van der Waals surface area contributed by atoms with E-state index in [2.05, 4.69) is 16.7 Å². The molecule has 0 fully saturated rings. The lowest BCUT2D eigenvalue weighted by Crippen LogP contribution is -2.27. The first-order valence-electron chi connectivity index (χ1n) is 9.09. The molecule has 0 aliphatic heterocycles. The van der Waals surface area contributed by atoms with E-state index in [4.69, 9.17) is 17.0 Å². The van der Waals surface area contributed by atoms with Gasteiger partial charge in [-0.05, 0) is 41.0 Å². The summed E-state index contributed by atoms with van der Waals surface area (Å²) in [5.74, 6) is 0. The molecule has 148 valence electrons. The van der Waals surface area contributed by atoms with Crippen LogP contribution in [0.1, 0.15) is 16.7 Å². The molecule has 0 aromatic heterocycles. The van der Waals surface area contributed by atoms with Crippen molar-refractivity contribution < 1.29 is 9.66 Å². The van der Waals surface area contributed by atoms with E-state index in [1.54, 1.807) is 12.1 Å². The molecule has 3 rings (SSSR count). The third-order valence-corrected chi connectivity index (χ3v) is 4.41. The van der Waals surface area contributed by atoms with E-state index in [1.165, 1.54) is 12.1 Å². The van der Waals surface area contributed by atoms with Crippen LogP contribution in [0.15, 0.2) is 78.9 Å². The van der Waals surface area contributed by atoms with Crippen molar-refractivity contribution in [2.75, 3.05) is 5.32 Å². The summed E-state index contributed by atoms with van der Waals surface area (Å²) in [7, 11) is 0. The average Bonchev–Trinajstić information content (AvgIpc) is 2.74. The van der Waals surface area contributed by atoms with Gasteiger partial charge < -0.3 is 15.4 Å². The van der Waals surface area contributed by atoms with E-state index in [1.807, 2.05) is 48.5 Å². The molecule has 0 saturated carbocycles. The average molecular weight is 407 g/mol. The Morgan fingerprint density at radius 2 is 1.55 bits per heavy atom. The minimum Gasteiger partial charge on any atom is -0.372 e. The van der Waals surface area contributed by atoms with Crippen molar-refractivity contribution >= 4 is 28.7 Å². The highest BCUT2D eigenvalue weighted by Gasteiger charge is 2.05. The maximum atomic E-state index is 10.7. The Bertz CT molecular complexity index is 963. The van der Waals surface area contributed by atoms with Crippen LogP contribution in [0, 0.1) is 10.1 Å². The number of thiocarbonyl (C=S) groups is 1. The summed E-state index contributed by atoms with van der Waals surface area (Å²) in [5, 5.41) is 17.3. The van der Waals surface area contributed by atoms with Crippen molar-refractivity contribution in [3.8, 4) is 0 Å². The van der Waals surface area contributed by atoms with E-state index in [0.29, 0.717) is 30.6 Å². The zero-order chi connectivity index (χ0) is 20.5. The quantitative estimate of drug-likeness (QED) is 0.317. The molecule has 0 aliphatic carbocycles. The SMILES string of the molecule is O=[N+]([O-])c1ccc(NC(=S)NCc2cccc(COCc3ccccc3)c2)cc1. The van der Waals surface area contributed by atoms with Crippen LogP contribution in [0.25, 0.3) is 0 Å². The van der Waals surface area contributed by atoms with Crippen molar-refractivity contribution in [1.82, 2.24) is 5.32 Å². The normalized spacial score (nSPS) is 10.3. The molecule has 7 heteroatoms. The number of hydrogen-bond acceptors (Lipinski definition) is 4. The second-order valence-corrected chi connectivity index (χ2v) is 6.82. The molecule has 6 nitrogen and oxygen atoms in total. The van der Waals surface area contributed by atoms with Gasteiger partial charge in [-0.1, -0.05) is 54.6 Å². The molecule has 0 unspecified atom stereocenters. The summed E-state index contributed by atoms with van der Waals surface area (Å²) in [6.45, 7) is 1.67. The molecule has 0 heterocycles.